The Labute approximate surface area is 202 Å². The molecule has 0 aliphatic rings. The van der Waals surface area contributed by atoms with E-state index in [1.54, 1.807) is 24.3 Å². The number of ether oxygens (including phenoxy) is 1. The summed E-state index contributed by atoms with van der Waals surface area (Å²) in [6.45, 7) is 0.620. The van der Waals surface area contributed by atoms with Gasteiger partial charge < -0.3 is 14.6 Å². The van der Waals surface area contributed by atoms with Crippen LogP contribution in [-0.2, 0) is 22.5 Å². The lowest BCUT2D eigenvalue weighted by molar-refractivity contribution is -0.113. The SMILES string of the molecule is COC(=O)c1ccc(NC(=O)CSc2nnc(Cc3ccccc3)n2Cc2ccccc2)cc1. The zero-order valence-corrected chi connectivity index (χ0v) is 19.5. The zero-order valence-electron chi connectivity index (χ0n) is 18.7. The van der Waals surface area contributed by atoms with Crippen LogP contribution in [0.25, 0.3) is 0 Å². The van der Waals surface area contributed by atoms with Crippen molar-refractivity contribution in [2.24, 2.45) is 0 Å². The topological polar surface area (TPSA) is 86.1 Å². The van der Waals surface area contributed by atoms with Crippen molar-refractivity contribution >= 4 is 29.3 Å². The second-order valence-electron chi connectivity index (χ2n) is 7.54. The van der Waals surface area contributed by atoms with Crippen LogP contribution in [-0.4, -0.2) is 39.5 Å². The number of rotatable bonds is 9. The molecule has 1 amide bonds. The number of methoxy groups -OCH3 is 1. The van der Waals surface area contributed by atoms with E-state index >= 15 is 0 Å². The van der Waals surface area contributed by atoms with Gasteiger partial charge in [0.1, 0.15) is 5.82 Å². The molecule has 172 valence electrons. The molecule has 0 spiro atoms. The maximum absolute atomic E-state index is 12.5. The van der Waals surface area contributed by atoms with Gasteiger partial charge in [-0.1, -0.05) is 72.4 Å². The van der Waals surface area contributed by atoms with Gasteiger partial charge in [0.2, 0.25) is 5.91 Å². The molecule has 0 atom stereocenters. The van der Waals surface area contributed by atoms with Crippen LogP contribution in [0.1, 0.15) is 27.3 Å². The number of nitrogens with one attached hydrogen (secondary N) is 1. The van der Waals surface area contributed by atoms with Crippen LogP contribution in [0.15, 0.2) is 90.1 Å². The van der Waals surface area contributed by atoms with Crippen LogP contribution >= 0.6 is 11.8 Å². The van der Waals surface area contributed by atoms with Crippen molar-refractivity contribution in [1.29, 1.82) is 0 Å². The van der Waals surface area contributed by atoms with Gasteiger partial charge in [0.25, 0.3) is 0 Å². The Balaban J connectivity index is 1.45. The summed E-state index contributed by atoms with van der Waals surface area (Å²) in [6.07, 6.45) is 0.653. The monoisotopic (exact) mass is 472 g/mol. The number of carbonyl (C=O) groups excluding carboxylic acids is 2. The van der Waals surface area contributed by atoms with Crippen LogP contribution in [0.5, 0.6) is 0 Å². The molecule has 4 rings (SSSR count). The van der Waals surface area contributed by atoms with Crippen LogP contribution < -0.4 is 5.32 Å². The standard InChI is InChI=1S/C26H24N4O3S/c1-33-25(32)21-12-14-22(15-13-21)27-24(31)18-34-26-29-28-23(16-19-8-4-2-5-9-19)30(26)17-20-10-6-3-7-11-20/h2-15H,16-18H2,1H3,(H,27,31). The summed E-state index contributed by atoms with van der Waals surface area (Å²) in [6, 6.07) is 26.8. The Bertz CT molecular complexity index is 1240. The molecule has 7 nitrogen and oxygen atoms in total. The minimum atomic E-state index is -0.419. The highest BCUT2D eigenvalue weighted by Crippen LogP contribution is 2.21. The third kappa shape index (κ3) is 6.11. The molecule has 0 bridgehead atoms. The van der Waals surface area contributed by atoms with E-state index in [2.05, 4.69) is 44.3 Å². The molecular formula is C26H24N4O3S. The fraction of sp³-hybridized carbons (Fsp3) is 0.154. The molecule has 4 aromatic rings. The molecule has 34 heavy (non-hydrogen) atoms. The number of amides is 1. The van der Waals surface area contributed by atoms with Gasteiger partial charge in [0.15, 0.2) is 5.16 Å². The minimum Gasteiger partial charge on any atom is -0.465 e. The summed E-state index contributed by atoms with van der Waals surface area (Å²) >= 11 is 1.34. The summed E-state index contributed by atoms with van der Waals surface area (Å²) in [4.78, 5) is 24.1. The largest absolute Gasteiger partial charge is 0.465 e. The second-order valence-corrected chi connectivity index (χ2v) is 8.48. The Kier molecular flexibility index (Phi) is 7.72. The van der Waals surface area contributed by atoms with E-state index in [4.69, 9.17) is 4.74 Å². The molecule has 0 saturated heterocycles. The lowest BCUT2D eigenvalue weighted by Gasteiger charge is -2.11. The first-order valence-electron chi connectivity index (χ1n) is 10.7. The zero-order chi connectivity index (χ0) is 23.8. The van der Waals surface area contributed by atoms with Crippen LogP contribution in [0.2, 0.25) is 0 Å². The fourth-order valence-corrected chi connectivity index (χ4v) is 4.15. The predicted molar refractivity (Wildman–Crippen MR) is 132 cm³/mol. The van der Waals surface area contributed by atoms with Crippen molar-refractivity contribution in [2.45, 2.75) is 18.1 Å². The molecule has 0 radical (unpaired) electrons. The van der Waals surface area contributed by atoms with Gasteiger partial charge in [-0.05, 0) is 35.4 Å². The summed E-state index contributed by atoms with van der Waals surface area (Å²) < 4.78 is 6.75. The summed E-state index contributed by atoms with van der Waals surface area (Å²) in [5.74, 6) is 0.431. The normalized spacial score (nSPS) is 10.6. The number of aromatic nitrogens is 3. The maximum atomic E-state index is 12.5. The number of anilines is 1. The number of esters is 1. The quantitative estimate of drug-likeness (QED) is 0.286. The Morgan fingerprint density at radius 2 is 1.53 bits per heavy atom. The smallest absolute Gasteiger partial charge is 0.337 e. The van der Waals surface area contributed by atoms with Crippen molar-refractivity contribution in [1.82, 2.24) is 14.8 Å². The average Bonchev–Trinajstić information content (AvgIpc) is 3.24. The number of nitrogens with zero attached hydrogens (tertiary/aromatic N) is 3. The highest BCUT2D eigenvalue weighted by Gasteiger charge is 2.15. The molecule has 1 heterocycles. The number of carbonyl (C=O) groups is 2. The Morgan fingerprint density at radius 1 is 0.882 bits per heavy atom. The first-order valence-corrected chi connectivity index (χ1v) is 11.7. The third-order valence-electron chi connectivity index (χ3n) is 5.10. The summed E-state index contributed by atoms with van der Waals surface area (Å²) in [5.41, 5.74) is 3.31. The van der Waals surface area contributed by atoms with Crippen molar-refractivity contribution in [2.75, 3.05) is 18.2 Å². The average molecular weight is 473 g/mol. The summed E-state index contributed by atoms with van der Waals surface area (Å²) in [5, 5.41) is 12.3. The van der Waals surface area contributed by atoms with Gasteiger partial charge in [-0.25, -0.2) is 4.79 Å². The molecule has 0 fully saturated rings. The van der Waals surface area contributed by atoms with Crippen LogP contribution in [0.4, 0.5) is 5.69 Å². The molecular weight excluding hydrogens is 448 g/mol. The van der Waals surface area contributed by atoms with Crippen LogP contribution in [0.3, 0.4) is 0 Å². The van der Waals surface area contributed by atoms with Gasteiger partial charge in [0.05, 0.1) is 25.0 Å². The number of hydrogen-bond acceptors (Lipinski definition) is 6. The van der Waals surface area contributed by atoms with Gasteiger partial charge in [0, 0.05) is 12.1 Å². The number of benzene rings is 3. The summed E-state index contributed by atoms with van der Waals surface area (Å²) in [7, 11) is 1.33. The molecule has 3 aromatic carbocycles. The highest BCUT2D eigenvalue weighted by molar-refractivity contribution is 7.99. The van der Waals surface area contributed by atoms with Gasteiger partial charge in [-0.2, -0.15) is 0 Å². The molecule has 0 aliphatic carbocycles. The van der Waals surface area contributed by atoms with E-state index in [0.29, 0.717) is 29.4 Å². The number of thioether (sulfide) groups is 1. The Hall–Kier alpha value is -3.91. The number of hydrogen-bond donors (Lipinski definition) is 1. The molecule has 8 heteroatoms. The second kappa shape index (κ2) is 11.3. The highest BCUT2D eigenvalue weighted by atomic mass is 32.2. The minimum absolute atomic E-state index is 0.172. The van der Waals surface area contributed by atoms with Gasteiger partial charge in [-0.15, -0.1) is 10.2 Å². The molecule has 0 saturated carbocycles. The molecule has 1 N–H and O–H groups in total. The van der Waals surface area contributed by atoms with E-state index < -0.39 is 5.97 Å². The van der Waals surface area contributed by atoms with E-state index in [0.717, 1.165) is 17.0 Å². The van der Waals surface area contributed by atoms with E-state index in [1.807, 2.05) is 36.4 Å². The first-order chi connectivity index (χ1) is 16.6. The van der Waals surface area contributed by atoms with Crippen molar-refractivity contribution in [3.8, 4) is 0 Å². The van der Waals surface area contributed by atoms with Gasteiger partial charge >= 0.3 is 5.97 Å². The van der Waals surface area contributed by atoms with E-state index in [1.165, 1.54) is 18.9 Å². The predicted octanol–water partition coefficient (Wildman–Crippen LogP) is 4.43. The Morgan fingerprint density at radius 3 is 2.18 bits per heavy atom. The molecule has 0 unspecified atom stereocenters. The van der Waals surface area contributed by atoms with Crippen LogP contribution in [0, 0.1) is 0 Å². The maximum Gasteiger partial charge on any atom is 0.337 e. The van der Waals surface area contributed by atoms with E-state index in [-0.39, 0.29) is 11.7 Å². The lowest BCUT2D eigenvalue weighted by Crippen LogP contribution is -2.15. The molecule has 1 aromatic heterocycles. The van der Waals surface area contributed by atoms with E-state index in [9.17, 15) is 9.59 Å². The van der Waals surface area contributed by atoms with Crippen molar-refractivity contribution < 1.29 is 14.3 Å². The van der Waals surface area contributed by atoms with Crippen molar-refractivity contribution in [3.63, 3.8) is 0 Å². The molecule has 0 aliphatic heterocycles. The van der Waals surface area contributed by atoms with Gasteiger partial charge in [-0.3, -0.25) is 4.79 Å². The third-order valence-corrected chi connectivity index (χ3v) is 6.07. The van der Waals surface area contributed by atoms with Crippen molar-refractivity contribution in [3.05, 3.63) is 107 Å². The first kappa shape index (κ1) is 23.3. The lowest BCUT2D eigenvalue weighted by atomic mass is 10.1. The fourth-order valence-electron chi connectivity index (χ4n) is 3.39.